The molecular formula is C18H12Br2Cl2N2O2. The number of anilines is 2. The van der Waals surface area contributed by atoms with Crippen molar-refractivity contribution in [3.8, 4) is 0 Å². The number of benzene rings is 2. The van der Waals surface area contributed by atoms with Gasteiger partial charge < -0.3 is 10.3 Å². The van der Waals surface area contributed by atoms with Crippen LogP contribution in [0.25, 0.3) is 10.9 Å². The van der Waals surface area contributed by atoms with Crippen LogP contribution in [0.15, 0.2) is 44.1 Å². The third-order valence-corrected chi connectivity index (χ3v) is 5.63. The molecule has 8 heteroatoms. The van der Waals surface area contributed by atoms with Gasteiger partial charge in [-0.05, 0) is 46.3 Å². The predicted octanol–water partition coefficient (Wildman–Crippen LogP) is 6.70. The number of H-pyrrole nitrogens is 1. The zero-order chi connectivity index (χ0) is 19.0. The molecule has 0 aliphatic heterocycles. The summed E-state index contributed by atoms with van der Waals surface area (Å²) in [5, 5.41) is 3.91. The predicted molar refractivity (Wildman–Crippen MR) is 114 cm³/mol. The van der Waals surface area contributed by atoms with Gasteiger partial charge in [0.2, 0.25) is 5.43 Å². The fraction of sp³-hybridized carbons (Fsp3) is 0.111. The van der Waals surface area contributed by atoms with E-state index in [1.165, 1.54) is 0 Å². The number of carbonyl (C=O) groups is 1. The van der Waals surface area contributed by atoms with Crippen LogP contribution >= 0.6 is 55.1 Å². The molecule has 0 spiro atoms. The van der Waals surface area contributed by atoms with Crippen LogP contribution in [0.5, 0.6) is 0 Å². The first-order chi connectivity index (χ1) is 12.3. The molecule has 0 saturated heterocycles. The molecule has 0 radical (unpaired) electrons. The molecule has 2 N–H and O–H groups in total. The lowest BCUT2D eigenvalue weighted by molar-refractivity contribution is 0.0988. The number of hydrogen-bond donors (Lipinski definition) is 2. The molecule has 0 amide bonds. The number of aromatic amines is 1. The third kappa shape index (κ3) is 3.56. The SMILES string of the molecule is CCC(=O)c1c(Nc2ccc(Br)cc2Br)[nH]c2c(Cl)ccc(Cl)c2c1=O. The van der Waals surface area contributed by atoms with E-state index in [-0.39, 0.29) is 34.0 Å². The topological polar surface area (TPSA) is 62.0 Å². The van der Waals surface area contributed by atoms with Gasteiger partial charge in [0.25, 0.3) is 0 Å². The first-order valence-electron chi connectivity index (χ1n) is 7.62. The Balaban J connectivity index is 2.31. The fourth-order valence-corrected chi connectivity index (χ4v) is 4.18. The van der Waals surface area contributed by atoms with Gasteiger partial charge in [-0.25, -0.2) is 0 Å². The Labute approximate surface area is 176 Å². The normalized spacial score (nSPS) is 11.0. The van der Waals surface area contributed by atoms with Gasteiger partial charge in [0.15, 0.2) is 5.78 Å². The van der Waals surface area contributed by atoms with Crippen LogP contribution in [-0.4, -0.2) is 10.8 Å². The minimum absolute atomic E-state index is 0.0268. The molecule has 1 aromatic heterocycles. The zero-order valence-electron chi connectivity index (χ0n) is 13.4. The van der Waals surface area contributed by atoms with Crippen molar-refractivity contribution in [2.24, 2.45) is 0 Å². The van der Waals surface area contributed by atoms with Crippen molar-refractivity contribution in [2.75, 3.05) is 5.32 Å². The van der Waals surface area contributed by atoms with E-state index in [1.807, 2.05) is 18.2 Å². The Hall–Kier alpha value is -1.34. The molecule has 3 aromatic rings. The van der Waals surface area contributed by atoms with Gasteiger partial charge in [-0.1, -0.05) is 46.1 Å². The van der Waals surface area contributed by atoms with Crippen molar-refractivity contribution in [1.29, 1.82) is 0 Å². The summed E-state index contributed by atoms with van der Waals surface area (Å²) in [6.07, 6.45) is 0.183. The molecule has 0 atom stereocenters. The maximum Gasteiger partial charge on any atom is 0.203 e. The molecule has 134 valence electrons. The second kappa shape index (κ2) is 7.72. The van der Waals surface area contributed by atoms with Gasteiger partial charge in [0.05, 0.1) is 26.6 Å². The molecule has 0 fully saturated rings. The first-order valence-corrected chi connectivity index (χ1v) is 9.97. The number of nitrogens with one attached hydrogen (secondary N) is 2. The van der Waals surface area contributed by atoms with Gasteiger partial charge in [0.1, 0.15) is 11.4 Å². The summed E-state index contributed by atoms with van der Waals surface area (Å²) in [6, 6.07) is 8.66. The Morgan fingerprint density at radius 1 is 1.15 bits per heavy atom. The number of Topliss-reactive ketones (excluding diaryl/α,β-unsaturated/α-hetero) is 1. The summed E-state index contributed by atoms with van der Waals surface area (Å²) in [5.41, 5.74) is 0.645. The Morgan fingerprint density at radius 3 is 2.50 bits per heavy atom. The lowest BCUT2D eigenvalue weighted by Crippen LogP contribution is -2.19. The van der Waals surface area contributed by atoms with Gasteiger partial charge >= 0.3 is 0 Å². The van der Waals surface area contributed by atoms with Crippen LogP contribution in [0.3, 0.4) is 0 Å². The van der Waals surface area contributed by atoms with E-state index < -0.39 is 5.43 Å². The zero-order valence-corrected chi connectivity index (χ0v) is 18.1. The van der Waals surface area contributed by atoms with E-state index in [2.05, 4.69) is 42.2 Å². The maximum absolute atomic E-state index is 13.0. The summed E-state index contributed by atoms with van der Waals surface area (Å²) in [7, 11) is 0. The second-order valence-corrected chi connectivity index (χ2v) is 8.09. The van der Waals surface area contributed by atoms with E-state index in [1.54, 1.807) is 19.1 Å². The summed E-state index contributed by atoms with van der Waals surface area (Å²) >= 11 is 19.3. The average molecular weight is 519 g/mol. The lowest BCUT2D eigenvalue weighted by Gasteiger charge is -2.15. The van der Waals surface area contributed by atoms with Crippen LogP contribution in [-0.2, 0) is 0 Å². The second-order valence-electron chi connectivity index (χ2n) is 5.51. The Bertz CT molecular complexity index is 1100. The van der Waals surface area contributed by atoms with E-state index >= 15 is 0 Å². The summed E-state index contributed by atoms with van der Waals surface area (Å²) in [6.45, 7) is 1.70. The van der Waals surface area contributed by atoms with E-state index in [0.29, 0.717) is 16.2 Å². The van der Waals surface area contributed by atoms with E-state index in [4.69, 9.17) is 23.2 Å². The monoisotopic (exact) mass is 516 g/mol. The first kappa shape index (κ1) is 19.4. The molecule has 1 heterocycles. The molecule has 0 saturated carbocycles. The fourth-order valence-electron chi connectivity index (χ4n) is 2.58. The maximum atomic E-state index is 13.0. The molecule has 4 nitrogen and oxygen atoms in total. The number of ketones is 1. The molecule has 0 unspecified atom stereocenters. The van der Waals surface area contributed by atoms with E-state index in [9.17, 15) is 9.59 Å². The summed E-state index contributed by atoms with van der Waals surface area (Å²) in [4.78, 5) is 28.5. The number of fused-ring (bicyclic) bond motifs is 1. The molecule has 2 aromatic carbocycles. The number of rotatable bonds is 4. The van der Waals surface area contributed by atoms with E-state index in [0.717, 1.165) is 8.95 Å². The highest BCUT2D eigenvalue weighted by Crippen LogP contribution is 2.32. The smallest absolute Gasteiger partial charge is 0.203 e. The number of halogens is 4. The van der Waals surface area contributed by atoms with Crippen molar-refractivity contribution < 1.29 is 4.79 Å². The number of hydrogen-bond acceptors (Lipinski definition) is 3. The number of pyridine rings is 1. The largest absolute Gasteiger partial charge is 0.340 e. The molecule has 0 aliphatic rings. The summed E-state index contributed by atoms with van der Waals surface area (Å²) in [5.74, 6) is -0.0125. The van der Waals surface area contributed by atoms with Crippen LogP contribution in [0, 0.1) is 0 Å². The third-order valence-electron chi connectivity index (χ3n) is 3.85. The van der Waals surface area contributed by atoms with Crippen LogP contribution in [0.4, 0.5) is 11.5 Å². The molecule has 0 aliphatic carbocycles. The number of carbonyl (C=O) groups excluding carboxylic acids is 1. The van der Waals surface area contributed by atoms with Gasteiger partial charge in [0, 0.05) is 15.4 Å². The van der Waals surface area contributed by atoms with Crippen LogP contribution < -0.4 is 10.7 Å². The standard InChI is InChI=1S/C18H12Br2Cl2N2O2/c1-2-13(25)15-17(26)14-10(21)4-5-11(22)16(14)24-18(15)23-12-6-3-8(19)7-9(12)20/h3-7H,2H2,1H3,(H2,23,24,26). The Morgan fingerprint density at radius 2 is 1.85 bits per heavy atom. The Kier molecular flexibility index (Phi) is 5.77. The van der Waals surface area contributed by atoms with Crippen molar-refractivity contribution >= 4 is 83.3 Å². The van der Waals surface area contributed by atoms with Crippen LogP contribution in [0.2, 0.25) is 10.0 Å². The molecular weight excluding hydrogens is 507 g/mol. The van der Waals surface area contributed by atoms with Crippen LogP contribution in [0.1, 0.15) is 23.7 Å². The highest BCUT2D eigenvalue weighted by molar-refractivity contribution is 9.11. The molecule has 0 bridgehead atoms. The van der Waals surface area contributed by atoms with Crippen molar-refractivity contribution in [3.05, 3.63) is 65.1 Å². The minimum atomic E-state index is -0.450. The molecule has 3 rings (SSSR count). The van der Waals surface area contributed by atoms with Crippen molar-refractivity contribution in [3.63, 3.8) is 0 Å². The molecule has 26 heavy (non-hydrogen) atoms. The van der Waals surface area contributed by atoms with Gasteiger partial charge in [-0.15, -0.1) is 0 Å². The number of aromatic nitrogens is 1. The average Bonchev–Trinajstić information content (AvgIpc) is 2.60. The van der Waals surface area contributed by atoms with Crippen molar-refractivity contribution in [2.45, 2.75) is 13.3 Å². The van der Waals surface area contributed by atoms with Gasteiger partial charge in [-0.2, -0.15) is 0 Å². The summed E-state index contributed by atoms with van der Waals surface area (Å²) < 4.78 is 1.65. The van der Waals surface area contributed by atoms with Gasteiger partial charge in [-0.3, -0.25) is 9.59 Å². The minimum Gasteiger partial charge on any atom is -0.340 e. The lowest BCUT2D eigenvalue weighted by atomic mass is 10.1. The highest BCUT2D eigenvalue weighted by atomic mass is 79.9. The quantitative estimate of drug-likeness (QED) is 0.378. The van der Waals surface area contributed by atoms with Crippen molar-refractivity contribution in [1.82, 2.24) is 4.98 Å². The highest BCUT2D eigenvalue weighted by Gasteiger charge is 2.21.